The van der Waals surface area contributed by atoms with Crippen molar-refractivity contribution in [3.05, 3.63) is 35.7 Å². The Hall–Kier alpha value is -2.24. The second kappa shape index (κ2) is 3.49. The first-order valence-electron chi connectivity index (χ1n) is 4.32. The number of carbonyl (C=O) groups excluding carboxylic acids is 1. The second-order valence-corrected chi connectivity index (χ2v) is 3.02. The van der Waals surface area contributed by atoms with E-state index in [0.717, 1.165) is 0 Å². The number of hydrogen-bond acceptors (Lipinski definition) is 5. The molecule has 2 aromatic heterocycles. The summed E-state index contributed by atoms with van der Waals surface area (Å²) >= 11 is 0. The molecule has 0 aromatic carbocycles. The Labute approximate surface area is 85.6 Å². The number of nitrogens with zero attached hydrogens (tertiary/aromatic N) is 3. The number of H-pyrrole nitrogens is 1. The van der Waals surface area contributed by atoms with Crippen molar-refractivity contribution < 1.29 is 4.79 Å². The molecule has 0 unspecified atom stereocenters. The van der Waals surface area contributed by atoms with Crippen LogP contribution in [-0.4, -0.2) is 25.7 Å². The predicted octanol–water partition coefficient (Wildman–Crippen LogP) is 0.321. The molecule has 0 saturated carbocycles. The average Bonchev–Trinajstić information content (AvgIpc) is 2.67. The van der Waals surface area contributed by atoms with Gasteiger partial charge in [-0.25, -0.2) is 15.0 Å². The number of aromatic nitrogens is 4. The quantitative estimate of drug-likeness (QED) is 0.685. The zero-order valence-corrected chi connectivity index (χ0v) is 8.06. The number of rotatable bonds is 2. The molecule has 0 amide bonds. The molecule has 0 aliphatic heterocycles. The van der Waals surface area contributed by atoms with Gasteiger partial charge in [-0.05, 0) is 13.0 Å². The van der Waals surface area contributed by atoms with E-state index in [4.69, 9.17) is 5.73 Å². The van der Waals surface area contributed by atoms with Crippen LogP contribution in [0.15, 0.2) is 18.5 Å². The van der Waals surface area contributed by atoms with Crippen LogP contribution in [0.5, 0.6) is 0 Å². The maximum Gasteiger partial charge on any atom is 0.246 e. The number of aryl methyl sites for hydroxylation is 1. The van der Waals surface area contributed by atoms with Gasteiger partial charge in [-0.2, -0.15) is 0 Å². The molecule has 0 radical (unpaired) electrons. The summed E-state index contributed by atoms with van der Waals surface area (Å²) in [5.41, 5.74) is 6.34. The molecule has 2 aromatic rings. The predicted molar refractivity (Wildman–Crippen MR) is 53.2 cm³/mol. The highest BCUT2D eigenvalue weighted by atomic mass is 16.1. The van der Waals surface area contributed by atoms with Crippen molar-refractivity contribution in [3.8, 4) is 0 Å². The van der Waals surface area contributed by atoms with Gasteiger partial charge in [0.15, 0.2) is 5.82 Å². The maximum absolute atomic E-state index is 11.8. The molecule has 0 bridgehead atoms. The maximum atomic E-state index is 11.8. The van der Waals surface area contributed by atoms with Crippen LogP contribution in [0.2, 0.25) is 0 Å². The number of hydrogen-bond donors (Lipinski definition) is 2. The normalized spacial score (nSPS) is 10.2. The molecule has 2 heterocycles. The fraction of sp³-hybridized carbons (Fsp3) is 0.111. The van der Waals surface area contributed by atoms with Crippen LogP contribution in [0.1, 0.15) is 22.0 Å². The highest BCUT2D eigenvalue weighted by Crippen LogP contribution is 2.06. The second-order valence-electron chi connectivity index (χ2n) is 3.02. The molecular formula is C9H9N5O. The summed E-state index contributed by atoms with van der Waals surface area (Å²) in [6.07, 6.45) is 3.08. The molecule has 0 spiro atoms. The number of nitrogens with two attached hydrogens (primary N) is 1. The van der Waals surface area contributed by atoms with Crippen LogP contribution in [0.4, 0.5) is 5.95 Å². The van der Waals surface area contributed by atoms with Crippen molar-refractivity contribution in [1.29, 1.82) is 0 Å². The van der Waals surface area contributed by atoms with Gasteiger partial charge < -0.3 is 10.7 Å². The molecule has 2 rings (SSSR count). The van der Waals surface area contributed by atoms with Crippen molar-refractivity contribution in [2.75, 3.05) is 5.73 Å². The van der Waals surface area contributed by atoms with Gasteiger partial charge in [0.05, 0.1) is 0 Å². The third-order valence-electron chi connectivity index (χ3n) is 1.82. The summed E-state index contributed by atoms with van der Waals surface area (Å²) in [5.74, 6) is 0.0367. The molecule has 6 heteroatoms. The number of ketones is 1. The summed E-state index contributed by atoms with van der Waals surface area (Å²) in [4.78, 5) is 26.1. The fourth-order valence-corrected chi connectivity index (χ4v) is 1.22. The van der Waals surface area contributed by atoms with E-state index in [1.165, 1.54) is 6.20 Å². The number of aromatic amines is 1. The van der Waals surface area contributed by atoms with Crippen molar-refractivity contribution in [2.45, 2.75) is 6.92 Å². The Morgan fingerprint density at radius 2 is 2.27 bits per heavy atom. The number of nitrogen functional groups attached to an aromatic ring is 1. The van der Waals surface area contributed by atoms with Gasteiger partial charge in [-0.1, -0.05) is 0 Å². The first-order valence-corrected chi connectivity index (χ1v) is 4.32. The SMILES string of the molecule is Cc1cc(C(=O)c2ncc[nH]2)nc(N)n1. The number of nitrogens with one attached hydrogen (secondary N) is 1. The van der Waals surface area contributed by atoms with E-state index < -0.39 is 0 Å². The molecule has 0 aliphatic carbocycles. The summed E-state index contributed by atoms with van der Waals surface area (Å²) < 4.78 is 0. The lowest BCUT2D eigenvalue weighted by Gasteiger charge is -1.99. The Kier molecular flexibility index (Phi) is 2.17. The first-order chi connectivity index (χ1) is 7.16. The molecule has 76 valence electrons. The van der Waals surface area contributed by atoms with Gasteiger partial charge in [0, 0.05) is 18.1 Å². The largest absolute Gasteiger partial charge is 0.368 e. The lowest BCUT2D eigenvalue weighted by atomic mass is 10.2. The Morgan fingerprint density at radius 3 is 2.87 bits per heavy atom. The van der Waals surface area contributed by atoms with Gasteiger partial charge in [-0.15, -0.1) is 0 Å². The van der Waals surface area contributed by atoms with Crippen LogP contribution in [0, 0.1) is 6.92 Å². The van der Waals surface area contributed by atoms with Crippen LogP contribution in [-0.2, 0) is 0 Å². The molecule has 0 saturated heterocycles. The van der Waals surface area contributed by atoms with Crippen LogP contribution in [0.3, 0.4) is 0 Å². The van der Waals surface area contributed by atoms with Crippen LogP contribution < -0.4 is 5.73 Å². The lowest BCUT2D eigenvalue weighted by Crippen LogP contribution is -2.09. The van der Waals surface area contributed by atoms with E-state index in [2.05, 4.69) is 19.9 Å². The Balaban J connectivity index is 2.42. The fourth-order valence-electron chi connectivity index (χ4n) is 1.22. The highest BCUT2D eigenvalue weighted by molar-refractivity contribution is 6.05. The first kappa shape index (κ1) is 9.32. The van der Waals surface area contributed by atoms with Gasteiger partial charge in [-0.3, -0.25) is 4.79 Å². The molecule has 0 aliphatic rings. The minimum atomic E-state index is -0.294. The van der Waals surface area contributed by atoms with E-state index in [9.17, 15) is 4.79 Å². The van der Waals surface area contributed by atoms with E-state index in [1.54, 1.807) is 19.2 Å². The summed E-state index contributed by atoms with van der Waals surface area (Å²) in [5, 5.41) is 0. The van der Waals surface area contributed by atoms with Crippen LogP contribution in [0.25, 0.3) is 0 Å². The minimum Gasteiger partial charge on any atom is -0.368 e. The van der Waals surface area contributed by atoms with Crippen molar-refractivity contribution in [3.63, 3.8) is 0 Å². The smallest absolute Gasteiger partial charge is 0.246 e. The number of carbonyl (C=O) groups is 1. The minimum absolute atomic E-state index is 0.0879. The van der Waals surface area contributed by atoms with Crippen molar-refractivity contribution in [1.82, 2.24) is 19.9 Å². The monoisotopic (exact) mass is 203 g/mol. The molecule has 0 fully saturated rings. The molecule has 0 atom stereocenters. The Bertz CT molecular complexity index is 471. The van der Waals surface area contributed by atoms with Crippen molar-refractivity contribution in [2.24, 2.45) is 0 Å². The third-order valence-corrected chi connectivity index (χ3v) is 1.82. The third kappa shape index (κ3) is 1.83. The van der Waals surface area contributed by atoms with E-state index >= 15 is 0 Å². The average molecular weight is 203 g/mol. The van der Waals surface area contributed by atoms with Gasteiger partial charge >= 0.3 is 0 Å². The molecule has 3 N–H and O–H groups in total. The molecular weight excluding hydrogens is 194 g/mol. The van der Waals surface area contributed by atoms with Gasteiger partial charge in [0.25, 0.3) is 0 Å². The Morgan fingerprint density at radius 1 is 1.47 bits per heavy atom. The van der Waals surface area contributed by atoms with Crippen LogP contribution >= 0.6 is 0 Å². The zero-order chi connectivity index (χ0) is 10.8. The topological polar surface area (TPSA) is 97.5 Å². The van der Waals surface area contributed by atoms with Crippen molar-refractivity contribution >= 4 is 11.7 Å². The molecule has 6 nitrogen and oxygen atoms in total. The summed E-state index contributed by atoms with van der Waals surface area (Å²) in [7, 11) is 0. The number of imidazole rings is 1. The van der Waals surface area contributed by atoms with E-state index in [1.807, 2.05) is 0 Å². The standard InChI is InChI=1S/C9H9N5O/c1-5-4-6(14-9(10)13-5)7(15)8-11-2-3-12-8/h2-4H,1H3,(H,11,12)(H2,10,13,14). The summed E-state index contributed by atoms with van der Waals surface area (Å²) in [6.45, 7) is 1.75. The van der Waals surface area contributed by atoms with E-state index in [0.29, 0.717) is 5.69 Å². The lowest BCUT2D eigenvalue weighted by molar-refractivity contribution is 0.102. The van der Waals surface area contributed by atoms with Gasteiger partial charge in [0.2, 0.25) is 11.7 Å². The zero-order valence-electron chi connectivity index (χ0n) is 8.06. The number of anilines is 1. The summed E-state index contributed by atoms with van der Waals surface area (Å²) in [6, 6.07) is 1.57. The molecule has 15 heavy (non-hydrogen) atoms. The van der Waals surface area contributed by atoms with E-state index in [-0.39, 0.29) is 23.2 Å². The highest BCUT2D eigenvalue weighted by Gasteiger charge is 2.13. The van der Waals surface area contributed by atoms with Gasteiger partial charge in [0.1, 0.15) is 5.69 Å².